The number of nitrogens with one attached hydrogen (secondary N) is 2. The summed E-state index contributed by atoms with van der Waals surface area (Å²) in [5.41, 5.74) is 1.91. The molecule has 160 valence electrons. The number of carbonyl (C=O) groups excluding carboxylic acids is 3. The molecule has 1 aliphatic heterocycles. The lowest BCUT2D eigenvalue weighted by Crippen LogP contribution is -2.33. The highest BCUT2D eigenvalue weighted by atomic mass is 16.5. The van der Waals surface area contributed by atoms with Gasteiger partial charge in [0.2, 0.25) is 5.91 Å². The number of carbonyl (C=O) groups is 3. The normalized spacial score (nSPS) is 13.7. The van der Waals surface area contributed by atoms with Crippen molar-refractivity contribution in [3.8, 4) is 0 Å². The Balaban J connectivity index is 2.10. The fourth-order valence-electron chi connectivity index (χ4n) is 3.24. The molecule has 1 aromatic rings. The molecule has 0 atom stereocenters. The molecule has 0 saturated carbocycles. The second-order valence-electron chi connectivity index (χ2n) is 6.88. The first-order valence-electron chi connectivity index (χ1n) is 10.2. The molecule has 2 rings (SSSR count). The maximum absolute atomic E-state index is 12.7. The average molecular weight is 405 g/mol. The Morgan fingerprint density at radius 3 is 2.55 bits per heavy atom. The van der Waals surface area contributed by atoms with Gasteiger partial charge in [-0.1, -0.05) is 0 Å². The number of ether oxygens (including phenoxy) is 2. The van der Waals surface area contributed by atoms with Crippen molar-refractivity contribution in [2.45, 2.75) is 39.0 Å². The Labute approximate surface area is 171 Å². The van der Waals surface area contributed by atoms with Gasteiger partial charge in [0.15, 0.2) is 0 Å². The zero-order valence-corrected chi connectivity index (χ0v) is 17.3. The predicted octanol–water partition coefficient (Wildman–Crippen LogP) is 2.33. The highest BCUT2D eigenvalue weighted by Crippen LogP contribution is 2.27. The smallest absolute Gasteiger partial charge is 0.306 e. The van der Waals surface area contributed by atoms with E-state index < -0.39 is 5.97 Å². The summed E-state index contributed by atoms with van der Waals surface area (Å²) in [6.45, 7) is 4.66. The quantitative estimate of drug-likeness (QED) is 0.458. The van der Waals surface area contributed by atoms with Gasteiger partial charge in [-0.3, -0.25) is 14.4 Å². The van der Waals surface area contributed by atoms with Crippen molar-refractivity contribution < 1.29 is 23.9 Å². The van der Waals surface area contributed by atoms with Gasteiger partial charge in [0.05, 0.1) is 25.2 Å². The number of hydrogen-bond donors (Lipinski definition) is 2. The van der Waals surface area contributed by atoms with Crippen LogP contribution in [0.2, 0.25) is 0 Å². The van der Waals surface area contributed by atoms with Crippen LogP contribution in [0, 0.1) is 0 Å². The molecule has 1 heterocycles. The molecule has 2 amide bonds. The van der Waals surface area contributed by atoms with Crippen LogP contribution in [0.4, 0.5) is 11.4 Å². The molecular formula is C21H31N3O5. The monoisotopic (exact) mass is 405 g/mol. The van der Waals surface area contributed by atoms with Crippen LogP contribution in [0.1, 0.15) is 49.4 Å². The zero-order chi connectivity index (χ0) is 21.1. The van der Waals surface area contributed by atoms with Gasteiger partial charge in [-0.05, 0) is 44.4 Å². The van der Waals surface area contributed by atoms with Crippen LogP contribution in [-0.4, -0.2) is 57.7 Å². The fourth-order valence-corrected chi connectivity index (χ4v) is 3.24. The second-order valence-corrected chi connectivity index (χ2v) is 6.88. The first kappa shape index (κ1) is 22.7. The van der Waals surface area contributed by atoms with Crippen LogP contribution in [0.5, 0.6) is 0 Å². The summed E-state index contributed by atoms with van der Waals surface area (Å²) in [6.07, 6.45) is 3.44. The number of methoxy groups -OCH3 is 1. The molecule has 0 unspecified atom stereocenters. The largest absolute Gasteiger partial charge is 0.466 e. The van der Waals surface area contributed by atoms with Crippen LogP contribution in [0.15, 0.2) is 18.2 Å². The Bertz CT molecular complexity index is 702. The topological polar surface area (TPSA) is 97.0 Å². The molecule has 0 radical (unpaired) electrons. The van der Waals surface area contributed by atoms with Crippen molar-refractivity contribution in [2.24, 2.45) is 0 Å². The molecule has 1 aromatic carbocycles. The standard InChI is InChI=1S/C21H31N3O5/c1-3-29-20(26)10-9-19(25)23-16-7-8-18(24-12-5-4-6-13-24)17(15-16)21(27)22-11-14-28-2/h7-8,15H,3-6,9-14H2,1-2H3,(H,22,27)(H,23,25). The van der Waals surface area contributed by atoms with E-state index >= 15 is 0 Å². The van der Waals surface area contributed by atoms with Crippen LogP contribution < -0.4 is 15.5 Å². The lowest BCUT2D eigenvalue weighted by molar-refractivity contribution is -0.144. The molecule has 1 aliphatic rings. The van der Waals surface area contributed by atoms with Crippen molar-refractivity contribution in [3.05, 3.63) is 23.8 Å². The van der Waals surface area contributed by atoms with Gasteiger partial charge in [-0.15, -0.1) is 0 Å². The number of hydrogen-bond acceptors (Lipinski definition) is 6. The van der Waals surface area contributed by atoms with E-state index in [1.54, 1.807) is 26.2 Å². The molecule has 2 N–H and O–H groups in total. The van der Waals surface area contributed by atoms with Crippen molar-refractivity contribution in [2.75, 3.05) is 50.2 Å². The number of nitrogens with zero attached hydrogens (tertiary/aromatic N) is 1. The average Bonchev–Trinajstić information content (AvgIpc) is 2.73. The van der Waals surface area contributed by atoms with Crippen LogP contribution in [0.3, 0.4) is 0 Å². The molecule has 0 aliphatic carbocycles. The Kier molecular flexibility index (Phi) is 9.43. The molecule has 0 aromatic heterocycles. The summed E-state index contributed by atoms with van der Waals surface area (Å²) in [6, 6.07) is 5.35. The molecule has 0 spiro atoms. The van der Waals surface area contributed by atoms with E-state index in [0.717, 1.165) is 31.6 Å². The SMILES string of the molecule is CCOC(=O)CCC(=O)Nc1ccc(N2CCCCC2)c(C(=O)NCCOC)c1. The number of piperidine rings is 1. The van der Waals surface area contributed by atoms with Crippen molar-refractivity contribution >= 4 is 29.2 Å². The molecule has 1 saturated heterocycles. The lowest BCUT2D eigenvalue weighted by atomic mass is 10.1. The summed E-state index contributed by atoms with van der Waals surface area (Å²) in [5.74, 6) is -0.902. The summed E-state index contributed by atoms with van der Waals surface area (Å²) >= 11 is 0. The predicted molar refractivity (Wildman–Crippen MR) is 111 cm³/mol. The van der Waals surface area contributed by atoms with E-state index in [9.17, 15) is 14.4 Å². The van der Waals surface area contributed by atoms with Gasteiger partial charge in [-0.2, -0.15) is 0 Å². The second kappa shape index (κ2) is 12.1. The van der Waals surface area contributed by atoms with E-state index in [-0.39, 0.29) is 24.7 Å². The Morgan fingerprint density at radius 2 is 1.86 bits per heavy atom. The van der Waals surface area contributed by atoms with Gasteiger partial charge in [0.25, 0.3) is 5.91 Å². The minimum atomic E-state index is -0.402. The molecule has 0 bridgehead atoms. The number of esters is 1. The van der Waals surface area contributed by atoms with Crippen molar-refractivity contribution in [1.82, 2.24) is 5.32 Å². The third-order valence-electron chi connectivity index (χ3n) is 4.67. The third kappa shape index (κ3) is 7.38. The third-order valence-corrected chi connectivity index (χ3v) is 4.67. The van der Waals surface area contributed by atoms with E-state index in [1.807, 2.05) is 6.07 Å². The minimum absolute atomic E-state index is 0.0237. The van der Waals surface area contributed by atoms with Crippen LogP contribution in [0.25, 0.3) is 0 Å². The van der Waals surface area contributed by atoms with Gasteiger partial charge in [0.1, 0.15) is 0 Å². The lowest BCUT2D eigenvalue weighted by Gasteiger charge is -2.30. The van der Waals surface area contributed by atoms with Crippen molar-refractivity contribution in [1.29, 1.82) is 0 Å². The maximum atomic E-state index is 12.7. The molecule has 1 fully saturated rings. The van der Waals surface area contributed by atoms with Gasteiger partial charge < -0.3 is 25.0 Å². The Hall–Kier alpha value is -2.61. The molecular weight excluding hydrogens is 374 g/mol. The highest BCUT2D eigenvalue weighted by Gasteiger charge is 2.19. The Morgan fingerprint density at radius 1 is 1.10 bits per heavy atom. The number of rotatable bonds is 10. The van der Waals surface area contributed by atoms with Crippen LogP contribution >= 0.6 is 0 Å². The summed E-state index contributed by atoms with van der Waals surface area (Å²) in [5, 5.41) is 5.61. The number of amides is 2. The first-order chi connectivity index (χ1) is 14.0. The van der Waals surface area contributed by atoms with Gasteiger partial charge >= 0.3 is 5.97 Å². The highest BCUT2D eigenvalue weighted by molar-refractivity contribution is 6.02. The van der Waals surface area contributed by atoms with Crippen LogP contribution in [-0.2, 0) is 19.1 Å². The van der Waals surface area contributed by atoms with E-state index in [2.05, 4.69) is 15.5 Å². The fraction of sp³-hybridized carbons (Fsp3) is 0.571. The molecule has 8 nitrogen and oxygen atoms in total. The maximum Gasteiger partial charge on any atom is 0.306 e. The van der Waals surface area contributed by atoms with E-state index in [1.165, 1.54) is 6.42 Å². The summed E-state index contributed by atoms with van der Waals surface area (Å²) in [4.78, 5) is 38.5. The summed E-state index contributed by atoms with van der Waals surface area (Å²) in [7, 11) is 1.58. The summed E-state index contributed by atoms with van der Waals surface area (Å²) < 4.78 is 9.83. The van der Waals surface area contributed by atoms with E-state index in [4.69, 9.17) is 9.47 Å². The van der Waals surface area contributed by atoms with E-state index in [0.29, 0.717) is 31.0 Å². The number of anilines is 2. The van der Waals surface area contributed by atoms with Gasteiger partial charge in [0, 0.05) is 44.5 Å². The minimum Gasteiger partial charge on any atom is -0.466 e. The number of benzene rings is 1. The van der Waals surface area contributed by atoms with Crippen molar-refractivity contribution in [3.63, 3.8) is 0 Å². The van der Waals surface area contributed by atoms with Gasteiger partial charge in [-0.25, -0.2) is 0 Å². The molecule has 29 heavy (non-hydrogen) atoms. The zero-order valence-electron chi connectivity index (χ0n) is 17.3. The first-order valence-corrected chi connectivity index (χ1v) is 10.2. The molecule has 8 heteroatoms.